The largest absolute Gasteiger partial charge is 0.465 e. The average Bonchev–Trinajstić information content (AvgIpc) is 3.61. The number of hydrogen-bond acceptors (Lipinski definition) is 6. The molecule has 42 heavy (non-hydrogen) atoms. The highest BCUT2D eigenvalue weighted by Gasteiger charge is 2.43. The van der Waals surface area contributed by atoms with Crippen LogP contribution in [0.1, 0.15) is 52.3 Å². The van der Waals surface area contributed by atoms with Crippen LogP contribution in [0.4, 0.5) is 0 Å². The lowest BCUT2D eigenvalue weighted by Gasteiger charge is -2.38. The molecule has 0 radical (unpaired) electrons. The normalized spacial score (nSPS) is 12.3. The Morgan fingerprint density at radius 3 is 1.86 bits per heavy atom. The summed E-state index contributed by atoms with van der Waals surface area (Å²) >= 11 is 0. The van der Waals surface area contributed by atoms with Gasteiger partial charge in [0.15, 0.2) is 5.69 Å². The highest BCUT2D eigenvalue weighted by Crippen LogP contribution is 2.44. The van der Waals surface area contributed by atoms with E-state index >= 15 is 0 Å². The third kappa shape index (κ3) is 4.49. The van der Waals surface area contributed by atoms with Crippen molar-refractivity contribution in [2.24, 2.45) is 0 Å². The molecule has 1 aliphatic rings. The molecule has 0 saturated heterocycles. The first-order valence-electron chi connectivity index (χ1n) is 14.3. The minimum Gasteiger partial charge on any atom is -0.465 e. The van der Waals surface area contributed by atoms with Crippen LogP contribution in [-0.2, 0) is 39.2 Å². The van der Waals surface area contributed by atoms with E-state index in [2.05, 4.69) is 41.1 Å². The SMILES string of the molecule is CCOC(=O)Cn1nc2c(c1C(=O)OCC)CCc1c-2cnn1C(c1ccccc1)(c1ccccc1)c1ccccc1. The second-order valence-electron chi connectivity index (χ2n) is 10.1. The van der Waals surface area contributed by atoms with E-state index in [0.717, 1.165) is 33.5 Å². The minimum atomic E-state index is -0.771. The van der Waals surface area contributed by atoms with Crippen LogP contribution in [0.15, 0.2) is 97.2 Å². The summed E-state index contributed by atoms with van der Waals surface area (Å²) < 4.78 is 14.1. The Morgan fingerprint density at radius 1 is 0.786 bits per heavy atom. The molecule has 5 aromatic rings. The fourth-order valence-corrected chi connectivity index (χ4v) is 6.07. The van der Waals surface area contributed by atoms with E-state index in [1.165, 1.54) is 4.68 Å². The first kappa shape index (κ1) is 27.2. The van der Waals surface area contributed by atoms with E-state index in [4.69, 9.17) is 19.7 Å². The van der Waals surface area contributed by atoms with Gasteiger partial charge in [0.1, 0.15) is 12.1 Å². The van der Waals surface area contributed by atoms with Crippen molar-refractivity contribution in [2.75, 3.05) is 13.2 Å². The predicted molar refractivity (Wildman–Crippen MR) is 158 cm³/mol. The molecule has 1 aliphatic carbocycles. The van der Waals surface area contributed by atoms with Crippen LogP contribution in [0, 0.1) is 0 Å². The Labute approximate surface area is 244 Å². The quantitative estimate of drug-likeness (QED) is 0.177. The zero-order chi connectivity index (χ0) is 29.1. The maximum Gasteiger partial charge on any atom is 0.356 e. The van der Waals surface area contributed by atoms with Gasteiger partial charge in [-0.1, -0.05) is 91.0 Å². The molecule has 0 aliphatic heterocycles. The molecule has 0 atom stereocenters. The lowest BCUT2D eigenvalue weighted by molar-refractivity contribution is -0.144. The van der Waals surface area contributed by atoms with Crippen molar-refractivity contribution in [2.45, 2.75) is 38.8 Å². The smallest absolute Gasteiger partial charge is 0.356 e. The third-order valence-corrected chi connectivity index (χ3v) is 7.73. The molecular weight excluding hydrogens is 528 g/mol. The van der Waals surface area contributed by atoms with Gasteiger partial charge in [-0.3, -0.25) is 4.79 Å². The van der Waals surface area contributed by atoms with Crippen molar-refractivity contribution in [1.29, 1.82) is 0 Å². The highest BCUT2D eigenvalue weighted by atomic mass is 16.5. The monoisotopic (exact) mass is 560 g/mol. The summed E-state index contributed by atoms with van der Waals surface area (Å²) in [5.41, 5.74) is 5.95. The van der Waals surface area contributed by atoms with Crippen LogP contribution in [0.5, 0.6) is 0 Å². The Bertz CT molecular complexity index is 1610. The second kappa shape index (κ2) is 11.5. The molecule has 0 spiro atoms. The molecule has 0 saturated carbocycles. The fraction of sp³-hybridized carbons (Fsp3) is 0.235. The number of esters is 2. The van der Waals surface area contributed by atoms with E-state index in [1.807, 2.05) is 60.8 Å². The van der Waals surface area contributed by atoms with Gasteiger partial charge in [0.05, 0.1) is 30.8 Å². The van der Waals surface area contributed by atoms with E-state index < -0.39 is 17.5 Å². The predicted octanol–water partition coefficient (Wildman–Crippen LogP) is 5.43. The average molecular weight is 561 g/mol. The molecule has 0 N–H and O–H groups in total. The van der Waals surface area contributed by atoms with Crippen molar-refractivity contribution in [3.8, 4) is 11.3 Å². The summed E-state index contributed by atoms with van der Waals surface area (Å²) in [5.74, 6) is -0.964. The molecule has 212 valence electrons. The van der Waals surface area contributed by atoms with Gasteiger partial charge in [-0.15, -0.1) is 0 Å². The van der Waals surface area contributed by atoms with E-state index in [1.54, 1.807) is 13.8 Å². The lowest BCUT2D eigenvalue weighted by atomic mass is 9.76. The summed E-state index contributed by atoms with van der Waals surface area (Å²) in [7, 11) is 0. The zero-order valence-corrected chi connectivity index (χ0v) is 23.7. The number of ether oxygens (including phenoxy) is 2. The minimum absolute atomic E-state index is 0.180. The molecule has 2 heterocycles. The van der Waals surface area contributed by atoms with Gasteiger partial charge in [-0.2, -0.15) is 10.2 Å². The number of rotatable bonds is 9. The molecule has 8 heteroatoms. The van der Waals surface area contributed by atoms with Crippen LogP contribution in [0.25, 0.3) is 11.3 Å². The Morgan fingerprint density at radius 2 is 1.33 bits per heavy atom. The number of carbonyl (C=O) groups is 2. The van der Waals surface area contributed by atoms with Crippen molar-refractivity contribution in [3.63, 3.8) is 0 Å². The number of hydrogen-bond donors (Lipinski definition) is 0. The van der Waals surface area contributed by atoms with E-state index in [9.17, 15) is 9.59 Å². The van der Waals surface area contributed by atoms with Crippen molar-refractivity contribution in [3.05, 3.63) is 131 Å². The number of carbonyl (C=O) groups excluding carboxylic acids is 2. The van der Waals surface area contributed by atoms with Gasteiger partial charge in [0, 0.05) is 11.1 Å². The summed E-state index contributed by atoms with van der Waals surface area (Å²) in [6.45, 7) is 3.79. The van der Waals surface area contributed by atoms with Crippen LogP contribution >= 0.6 is 0 Å². The number of nitrogens with zero attached hydrogens (tertiary/aromatic N) is 4. The van der Waals surface area contributed by atoms with Gasteiger partial charge >= 0.3 is 11.9 Å². The Hall–Kier alpha value is -4.98. The maximum atomic E-state index is 13.1. The van der Waals surface area contributed by atoms with E-state index in [0.29, 0.717) is 24.2 Å². The van der Waals surface area contributed by atoms with Crippen LogP contribution in [0.2, 0.25) is 0 Å². The topological polar surface area (TPSA) is 88.2 Å². The van der Waals surface area contributed by atoms with Gasteiger partial charge < -0.3 is 9.47 Å². The molecule has 0 fully saturated rings. The molecule has 2 aromatic heterocycles. The highest BCUT2D eigenvalue weighted by molar-refractivity contribution is 5.92. The lowest BCUT2D eigenvalue weighted by Crippen LogP contribution is -2.40. The Kier molecular flexibility index (Phi) is 7.44. The molecular formula is C34H32N4O4. The van der Waals surface area contributed by atoms with Crippen LogP contribution < -0.4 is 0 Å². The molecule has 3 aromatic carbocycles. The van der Waals surface area contributed by atoms with Gasteiger partial charge in [0.2, 0.25) is 0 Å². The number of benzene rings is 3. The zero-order valence-electron chi connectivity index (χ0n) is 23.7. The number of fused-ring (bicyclic) bond motifs is 3. The number of aromatic nitrogens is 4. The second-order valence-corrected chi connectivity index (χ2v) is 10.1. The Balaban J connectivity index is 1.59. The maximum absolute atomic E-state index is 13.1. The molecule has 0 amide bonds. The fourth-order valence-electron chi connectivity index (χ4n) is 6.07. The standard InChI is InChI=1S/C34H32N4O4/c1-3-41-30(39)23-37-32(33(40)42-4-2)27-20-21-29-28(31(27)36-37)22-35-38(29)34(24-14-8-5-9-15-24,25-16-10-6-11-17-25)26-18-12-7-13-19-26/h5-19,22H,3-4,20-21,23H2,1-2H3. The first-order valence-corrected chi connectivity index (χ1v) is 14.3. The summed E-state index contributed by atoms with van der Waals surface area (Å²) in [6.07, 6.45) is 2.99. The first-order chi connectivity index (χ1) is 20.6. The third-order valence-electron chi connectivity index (χ3n) is 7.73. The van der Waals surface area contributed by atoms with Gasteiger partial charge in [-0.05, 0) is 43.4 Å². The summed E-state index contributed by atoms with van der Waals surface area (Å²) in [6, 6.07) is 31.1. The van der Waals surface area contributed by atoms with E-state index in [-0.39, 0.29) is 19.8 Å². The van der Waals surface area contributed by atoms with Crippen LogP contribution in [0.3, 0.4) is 0 Å². The molecule has 0 unspecified atom stereocenters. The van der Waals surface area contributed by atoms with Crippen molar-refractivity contribution >= 4 is 11.9 Å². The van der Waals surface area contributed by atoms with Crippen molar-refractivity contribution in [1.82, 2.24) is 19.6 Å². The summed E-state index contributed by atoms with van der Waals surface area (Å²) in [4.78, 5) is 25.6. The molecule has 0 bridgehead atoms. The van der Waals surface area contributed by atoms with Crippen molar-refractivity contribution < 1.29 is 19.1 Å². The van der Waals surface area contributed by atoms with Gasteiger partial charge in [0.25, 0.3) is 0 Å². The van der Waals surface area contributed by atoms with Crippen LogP contribution in [-0.4, -0.2) is 44.7 Å². The summed E-state index contributed by atoms with van der Waals surface area (Å²) in [5, 5.41) is 9.86. The van der Waals surface area contributed by atoms with Gasteiger partial charge in [-0.25, -0.2) is 14.2 Å². The molecule has 8 nitrogen and oxygen atoms in total. The molecule has 6 rings (SSSR count).